The maximum absolute atomic E-state index is 13.0. The largest absolute Gasteiger partial charge is 0.481 e. The smallest absolute Gasteiger partial charge is 0.321 e. The number of carbonyl (C=O) groups is 1. The van der Waals surface area contributed by atoms with Crippen molar-refractivity contribution in [3.63, 3.8) is 0 Å². The summed E-state index contributed by atoms with van der Waals surface area (Å²) >= 11 is 5.09. The monoisotopic (exact) mass is 491 g/mol. The van der Waals surface area contributed by atoms with Crippen LogP contribution in [0.5, 0.6) is 11.9 Å². The highest BCUT2D eigenvalue weighted by atomic mass is 32.2. The van der Waals surface area contributed by atoms with Crippen LogP contribution in [0.3, 0.4) is 0 Å². The summed E-state index contributed by atoms with van der Waals surface area (Å²) in [6, 6.07) is 11.8. The molecule has 10 nitrogen and oxygen atoms in total. The summed E-state index contributed by atoms with van der Waals surface area (Å²) in [6.07, 6.45) is 0. The van der Waals surface area contributed by atoms with Gasteiger partial charge in [-0.2, -0.15) is 9.97 Å². The minimum Gasteiger partial charge on any atom is -0.481 e. The van der Waals surface area contributed by atoms with Gasteiger partial charge in [0.25, 0.3) is 15.9 Å². The van der Waals surface area contributed by atoms with Crippen molar-refractivity contribution in [2.24, 2.45) is 0 Å². The molecule has 13 heteroatoms. The highest BCUT2D eigenvalue weighted by molar-refractivity contribution is 7.92. The molecule has 1 heterocycles. The zero-order valence-corrected chi connectivity index (χ0v) is 19.0. The Morgan fingerprint density at radius 1 is 1.00 bits per heavy atom. The molecular formula is C20H18FN5O5S2. The first-order valence-electron chi connectivity index (χ1n) is 9.18. The van der Waals surface area contributed by atoms with Crippen LogP contribution in [0, 0.1) is 5.82 Å². The van der Waals surface area contributed by atoms with Crippen molar-refractivity contribution in [2.45, 2.75) is 4.90 Å². The average molecular weight is 492 g/mol. The second kappa shape index (κ2) is 10.2. The van der Waals surface area contributed by atoms with Crippen LogP contribution in [0.15, 0.2) is 59.5 Å². The van der Waals surface area contributed by atoms with E-state index in [4.69, 9.17) is 21.7 Å². The molecule has 33 heavy (non-hydrogen) atoms. The quantitative estimate of drug-likeness (QED) is 0.427. The number of aromatic nitrogens is 2. The predicted octanol–water partition coefficient (Wildman–Crippen LogP) is 2.56. The molecule has 0 aliphatic heterocycles. The summed E-state index contributed by atoms with van der Waals surface area (Å²) in [5.74, 6) is -0.901. The molecule has 3 aromatic rings. The molecule has 0 fully saturated rings. The first kappa shape index (κ1) is 23.8. The number of amides is 1. The summed E-state index contributed by atoms with van der Waals surface area (Å²) in [4.78, 5) is 19.9. The highest BCUT2D eigenvalue weighted by Crippen LogP contribution is 2.21. The lowest BCUT2D eigenvalue weighted by Gasteiger charge is -2.12. The van der Waals surface area contributed by atoms with Gasteiger partial charge in [0, 0.05) is 17.3 Å². The number of thiocarbonyl (C=S) groups is 1. The molecule has 1 aromatic heterocycles. The predicted molar refractivity (Wildman–Crippen MR) is 122 cm³/mol. The maximum Gasteiger partial charge on any atom is 0.321 e. The molecule has 172 valence electrons. The van der Waals surface area contributed by atoms with E-state index in [1.807, 2.05) is 0 Å². The molecule has 0 saturated carbocycles. The van der Waals surface area contributed by atoms with E-state index < -0.39 is 21.7 Å². The molecule has 0 saturated heterocycles. The fourth-order valence-electron chi connectivity index (χ4n) is 2.50. The summed E-state index contributed by atoms with van der Waals surface area (Å²) in [5, 5.41) is 5.21. The Labute approximate surface area is 194 Å². The molecular weight excluding hydrogens is 473 g/mol. The van der Waals surface area contributed by atoms with E-state index in [1.165, 1.54) is 56.7 Å². The molecule has 0 unspecified atom stereocenters. The van der Waals surface area contributed by atoms with E-state index in [-0.39, 0.29) is 33.3 Å². The molecule has 0 spiro atoms. The van der Waals surface area contributed by atoms with Crippen molar-refractivity contribution in [2.75, 3.05) is 24.3 Å². The molecule has 2 aromatic carbocycles. The van der Waals surface area contributed by atoms with E-state index >= 15 is 0 Å². The SMILES string of the molecule is COc1cc(NS(=O)(=O)c2ccc(NC(=S)NC(=O)c3ccc(F)cc3)cc2)nc(OC)n1. The zero-order chi connectivity index (χ0) is 24.0. The minimum atomic E-state index is -3.98. The Balaban J connectivity index is 1.66. The Morgan fingerprint density at radius 3 is 2.27 bits per heavy atom. The number of ether oxygens (including phenoxy) is 2. The summed E-state index contributed by atoms with van der Waals surface area (Å²) < 4.78 is 50.6. The number of hydrogen-bond acceptors (Lipinski definition) is 8. The number of nitrogens with one attached hydrogen (secondary N) is 3. The number of halogens is 1. The van der Waals surface area contributed by atoms with Gasteiger partial charge in [0.1, 0.15) is 5.82 Å². The Kier molecular flexibility index (Phi) is 7.35. The topological polar surface area (TPSA) is 132 Å². The third-order valence-electron chi connectivity index (χ3n) is 4.07. The van der Waals surface area contributed by atoms with Crippen molar-refractivity contribution in [3.05, 3.63) is 66.0 Å². The van der Waals surface area contributed by atoms with E-state index in [0.29, 0.717) is 5.69 Å². The van der Waals surface area contributed by atoms with Crippen molar-refractivity contribution < 1.29 is 27.1 Å². The molecule has 3 rings (SSSR count). The van der Waals surface area contributed by atoms with Crippen LogP contribution in [0.2, 0.25) is 0 Å². The van der Waals surface area contributed by atoms with E-state index in [0.717, 1.165) is 12.1 Å². The van der Waals surface area contributed by atoms with Gasteiger partial charge < -0.3 is 14.8 Å². The molecule has 0 radical (unpaired) electrons. The van der Waals surface area contributed by atoms with Gasteiger partial charge in [0.2, 0.25) is 5.88 Å². The Bertz CT molecular complexity index is 1250. The van der Waals surface area contributed by atoms with Gasteiger partial charge in [0.05, 0.1) is 19.1 Å². The van der Waals surface area contributed by atoms with E-state index in [9.17, 15) is 17.6 Å². The molecule has 0 bridgehead atoms. The number of rotatable bonds is 7. The number of carbonyl (C=O) groups excluding carboxylic acids is 1. The van der Waals surface area contributed by atoms with Crippen molar-refractivity contribution in [1.29, 1.82) is 0 Å². The molecule has 0 aliphatic rings. The van der Waals surface area contributed by atoms with Gasteiger partial charge in [0.15, 0.2) is 10.9 Å². The second-order valence-corrected chi connectivity index (χ2v) is 8.42. The molecule has 0 atom stereocenters. The van der Waals surface area contributed by atoms with Crippen LogP contribution in [-0.4, -0.2) is 43.6 Å². The van der Waals surface area contributed by atoms with Crippen LogP contribution in [-0.2, 0) is 10.0 Å². The van der Waals surface area contributed by atoms with E-state index in [1.54, 1.807) is 0 Å². The number of anilines is 2. The molecule has 1 amide bonds. The average Bonchev–Trinajstić information content (AvgIpc) is 2.79. The van der Waals surface area contributed by atoms with Crippen molar-refractivity contribution >= 4 is 44.8 Å². The fourth-order valence-corrected chi connectivity index (χ4v) is 3.71. The molecule has 0 aliphatic carbocycles. The maximum atomic E-state index is 13.0. The third kappa shape index (κ3) is 6.33. The lowest BCUT2D eigenvalue weighted by atomic mass is 10.2. The van der Waals surface area contributed by atoms with Gasteiger partial charge in [-0.05, 0) is 60.7 Å². The second-order valence-electron chi connectivity index (χ2n) is 6.33. The summed E-state index contributed by atoms with van der Waals surface area (Å²) in [5.41, 5.74) is 0.662. The number of benzene rings is 2. The lowest BCUT2D eigenvalue weighted by molar-refractivity contribution is 0.0977. The first-order valence-corrected chi connectivity index (χ1v) is 11.1. The number of hydrogen-bond donors (Lipinski definition) is 3. The normalized spacial score (nSPS) is 10.8. The van der Waals surface area contributed by atoms with E-state index in [2.05, 4.69) is 25.3 Å². The zero-order valence-electron chi connectivity index (χ0n) is 17.3. The van der Waals surface area contributed by atoms with Crippen molar-refractivity contribution in [3.8, 4) is 11.9 Å². The van der Waals surface area contributed by atoms with Crippen LogP contribution in [0.25, 0.3) is 0 Å². The van der Waals surface area contributed by atoms with Gasteiger partial charge in [-0.1, -0.05) is 0 Å². The van der Waals surface area contributed by atoms with Crippen LogP contribution in [0.1, 0.15) is 10.4 Å². The Morgan fingerprint density at radius 2 is 1.67 bits per heavy atom. The highest BCUT2D eigenvalue weighted by Gasteiger charge is 2.17. The van der Waals surface area contributed by atoms with Crippen molar-refractivity contribution in [1.82, 2.24) is 15.3 Å². The van der Waals surface area contributed by atoms with Crippen LogP contribution < -0.4 is 24.8 Å². The lowest BCUT2D eigenvalue weighted by Crippen LogP contribution is -2.34. The summed E-state index contributed by atoms with van der Waals surface area (Å²) in [7, 11) is -1.27. The van der Waals surface area contributed by atoms with Gasteiger partial charge in [-0.25, -0.2) is 12.8 Å². The minimum absolute atomic E-state index is 0.0155. The molecule has 3 N–H and O–H groups in total. The van der Waals surface area contributed by atoms with Gasteiger partial charge in [-0.15, -0.1) is 0 Å². The van der Waals surface area contributed by atoms with Gasteiger partial charge >= 0.3 is 6.01 Å². The number of methoxy groups -OCH3 is 2. The summed E-state index contributed by atoms with van der Waals surface area (Å²) in [6.45, 7) is 0. The van der Waals surface area contributed by atoms with Crippen LogP contribution >= 0.6 is 12.2 Å². The standard InChI is InChI=1S/C20H18FN5O5S2/c1-30-17-11-16(23-19(24-17)31-2)26-33(28,29)15-9-7-14(8-10-15)22-20(32)25-18(27)12-3-5-13(21)6-4-12/h3-11H,1-2H3,(H,23,24,26)(H2,22,25,27,32). The number of nitrogens with zero attached hydrogens (tertiary/aromatic N) is 2. The number of sulfonamides is 1. The van der Waals surface area contributed by atoms with Crippen LogP contribution in [0.4, 0.5) is 15.9 Å². The fraction of sp³-hybridized carbons (Fsp3) is 0.100. The third-order valence-corrected chi connectivity index (χ3v) is 5.64. The van der Waals surface area contributed by atoms with Gasteiger partial charge in [-0.3, -0.25) is 14.8 Å². The Hall–Kier alpha value is -3.84. The first-order chi connectivity index (χ1) is 15.7.